The number of pyridine rings is 1. The number of aromatic nitrogens is 3. The number of H-pyrrole nitrogens is 1. The summed E-state index contributed by atoms with van der Waals surface area (Å²) in [6.45, 7) is 0.148. The van der Waals surface area contributed by atoms with Crippen molar-refractivity contribution < 1.29 is 35.9 Å². The molecule has 33 heavy (non-hydrogen) atoms. The number of aromatic amines is 1. The van der Waals surface area contributed by atoms with Crippen LogP contribution in [0.2, 0.25) is 0 Å². The van der Waals surface area contributed by atoms with E-state index in [0.717, 1.165) is 18.3 Å². The number of benzene rings is 1. The van der Waals surface area contributed by atoms with Crippen LogP contribution in [0.15, 0.2) is 42.7 Å². The van der Waals surface area contributed by atoms with E-state index in [9.17, 15) is 35.9 Å². The minimum absolute atomic E-state index is 0.0317. The van der Waals surface area contributed by atoms with E-state index in [1.807, 2.05) is 4.98 Å². The Morgan fingerprint density at radius 1 is 0.970 bits per heavy atom. The van der Waals surface area contributed by atoms with Gasteiger partial charge in [-0.15, -0.1) is 0 Å². The van der Waals surface area contributed by atoms with Crippen molar-refractivity contribution in [1.82, 2.24) is 19.9 Å². The average molecular weight is 468 g/mol. The number of carbonyl (C=O) groups is 2. The average Bonchev–Trinajstić information content (AvgIpc) is 3.28. The lowest BCUT2D eigenvalue weighted by atomic mass is 9.91. The fraction of sp³-hybridized carbons (Fsp3) is 0.238. The van der Waals surface area contributed by atoms with Crippen LogP contribution in [0.25, 0.3) is 0 Å². The van der Waals surface area contributed by atoms with Gasteiger partial charge in [0.05, 0.1) is 5.56 Å². The molecule has 0 spiro atoms. The Bertz CT molecular complexity index is 1210. The van der Waals surface area contributed by atoms with Gasteiger partial charge in [-0.05, 0) is 29.7 Å². The van der Waals surface area contributed by atoms with Crippen molar-refractivity contribution in [3.8, 4) is 0 Å². The first-order valence-corrected chi connectivity index (χ1v) is 9.56. The Hall–Kier alpha value is -3.70. The van der Waals surface area contributed by atoms with E-state index in [2.05, 4.69) is 9.97 Å². The molecule has 2 aromatic heterocycles. The lowest BCUT2D eigenvalue weighted by Crippen LogP contribution is -2.36. The first kappa shape index (κ1) is 22.5. The van der Waals surface area contributed by atoms with Crippen LogP contribution in [-0.2, 0) is 25.3 Å². The minimum Gasteiger partial charge on any atom is -0.340 e. The summed E-state index contributed by atoms with van der Waals surface area (Å²) in [4.78, 5) is 35.7. The topological polar surface area (TPSA) is 79.0 Å². The molecule has 1 aliphatic rings. The first-order valence-electron chi connectivity index (χ1n) is 9.56. The molecule has 4 rings (SSSR count). The zero-order valence-electron chi connectivity index (χ0n) is 16.6. The zero-order chi connectivity index (χ0) is 24.0. The monoisotopic (exact) mass is 468 g/mol. The van der Waals surface area contributed by atoms with Gasteiger partial charge in [0.2, 0.25) is 11.6 Å². The number of fused-ring (bicyclic) bond motifs is 1. The largest absolute Gasteiger partial charge is 0.449 e. The van der Waals surface area contributed by atoms with Gasteiger partial charge in [-0.1, -0.05) is 18.2 Å². The van der Waals surface area contributed by atoms with E-state index in [4.69, 9.17) is 0 Å². The summed E-state index contributed by atoms with van der Waals surface area (Å²) in [7, 11) is 0. The number of hydrogen-bond acceptors (Lipinski definition) is 4. The Kier molecular flexibility index (Phi) is 5.46. The van der Waals surface area contributed by atoms with E-state index in [0.29, 0.717) is 17.3 Å². The summed E-state index contributed by atoms with van der Waals surface area (Å²) in [5.41, 5.74) is -0.0791. The van der Waals surface area contributed by atoms with Gasteiger partial charge in [0.1, 0.15) is 11.4 Å². The molecule has 0 atom stereocenters. The number of ketones is 1. The number of alkyl halides is 6. The van der Waals surface area contributed by atoms with Gasteiger partial charge in [0.15, 0.2) is 0 Å². The predicted octanol–water partition coefficient (Wildman–Crippen LogP) is 4.27. The summed E-state index contributed by atoms with van der Waals surface area (Å²) >= 11 is 0. The van der Waals surface area contributed by atoms with Gasteiger partial charge in [-0.25, -0.2) is 4.98 Å². The van der Waals surface area contributed by atoms with Crippen LogP contribution in [0, 0.1) is 0 Å². The highest BCUT2D eigenvalue weighted by atomic mass is 19.4. The van der Waals surface area contributed by atoms with Crippen molar-refractivity contribution in [3.05, 3.63) is 82.2 Å². The molecule has 3 heterocycles. The molecule has 0 bridgehead atoms. The van der Waals surface area contributed by atoms with E-state index in [1.54, 1.807) is 12.1 Å². The van der Waals surface area contributed by atoms with E-state index in [-0.39, 0.29) is 36.5 Å². The van der Waals surface area contributed by atoms with Crippen LogP contribution in [0.5, 0.6) is 0 Å². The molecule has 0 saturated carbocycles. The smallest absolute Gasteiger partial charge is 0.340 e. The SMILES string of the molecule is O=C(c1ccc(C(F)(F)F)cn1)c1cccc2c1CCN(C(=O)c1c[nH]c(C(F)(F)F)n1)C2. The summed E-state index contributed by atoms with van der Waals surface area (Å²) in [5.74, 6) is -2.55. The van der Waals surface area contributed by atoms with Gasteiger partial charge in [0.25, 0.3) is 5.91 Å². The maximum Gasteiger partial charge on any atom is 0.449 e. The Morgan fingerprint density at radius 3 is 2.33 bits per heavy atom. The summed E-state index contributed by atoms with van der Waals surface area (Å²) in [6, 6.07) is 6.51. The van der Waals surface area contributed by atoms with Crippen LogP contribution < -0.4 is 0 Å². The zero-order valence-corrected chi connectivity index (χ0v) is 16.6. The van der Waals surface area contributed by atoms with Crippen molar-refractivity contribution in [2.75, 3.05) is 6.54 Å². The first-order chi connectivity index (χ1) is 15.4. The number of amides is 1. The third-order valence-corrected chi connectivity index (χ3v) is 5.19. The Morgan fingerprint density at radius 2 is 1.73 bits per heavy atom. The van der Waals surface area contributed by atoms with Crippen LogP contribution in [0.4, 0.5) is 26.3 Å². The third kappa shape index (κ3) is 4.45. The lowest BCUT2D eigenvalue weighted by molar-refractivity contribution is -0.144. The second-order valence-corrected chi connectivity index (χ2v) is 7.31. The van der Waals surface area contributed by atoms with Crippen molar-refractivity contribution >= 4 is 11.7 Å². The molecular formula is C21H14F6N4O2. The normalized spacial score (nSPS) is 14.2. The molecule has 0 fully saturated rings. The molecule has 1 aromatic carbocycles. The maximum absolute atomic E-state index is 12.9. The van der Waals surface area contributed by atoms with Gasteiger partial charge in [0, 0.05) is 31.0 Å². The summed E-state index contributed by atoms with van der Waals surface area (Å²) < 4.78 is 76.4. The molecular weight excluding hydrogens is 454 g/mol. The minimum atomic E-state index is -4.71. The van der Waals surface area contributed by atoms with Gasteiger partial charge >= 0.3 is 12.4 Å². The molecule has 3 aromatic rings. The Labute approximate surface area is 182 Å². The van der Waals surface area contributed by atoms with Gasteiger partial charge in [-0.2, -0.15) is 26.3 Å². The molecule has 0 radical (unpaired) electrons. The maximum atomic E-state index is 12.9. The molecule has 1 N–H and O–H groups in total. The third-order valence-electron chi connectivity index (χ3n) is 5.19. The summed E-state index contributed by atoms with van der Waals surface area (Å²) in [5, 5.41) is 0. The Balaban J connectivity index is 1.55. The number of nitrogens with zero attached hydrogens (tertiary/aromatic N) is 3. The quantitative estimate of drug-likeness (QED) is 0.460. The number of rotatable bonds is 3. The van der Waals surface area contributed by atoms with Crippen molar-refractivity contribution in [3.63, 3.8) is 0 Å². The number of carbonyl (C=O) groups excluding carboxylic acids is 2. The van der Waals surface area contributed by atoms with Crippen molar-refractivity contribution in [2.24, 2.45) is 0 Å². The number of nitrogens with one attached hydrogen (secondary N) is 1. The van der Waals surface area contributed by atoms with Crippen molar-refractivity contribution in [1.29, 1.82) is 0 Å². The van der Waals surface area contributed by atoms with E-state index in [1.165, 1.54) is 11.0 Å². The van der Waals surface area contributed by atoms with Crippen molar-refractivity contribution in [2.45, 2.75) is 25.3 Å². The number of imidazole rings is 1. The number of hydrogen-bond donors (Lipinski definition) is 1. The molecule has 0 saturated heterocycles. The number of halogens is 6. The molecule has 12 heteroatoms. The molecule has 1 aliphatic heterocycles. The lowest BCUT2D eigenvalue weighted by Gasteiger charge is -2.29. The second kappa shape index (κ2) is 8.01. The van der Waals surface area contributed by atoms with E-state index < -0.39 is 35.4 Å². The molecule has 172 valence electrons. The van der Waals surface area contributed by atoms with Crippen LogP contribution in [-0.4, -0.2) is 38.1 Å². The highest BCUT2D eigenvalue weighted by molar-refractivity contribution is 6.09. The van der Waals surface area contributed by atoms with Crippen LogP contribution >= 0.6 is 0 Å². The molecule has 0 unspecified atom stereocenters. The molecule has 0 aliphatic carbocycles. The highest BCUT2D eigenvalue weighted by Crippen LogP contribution is 2.30. The van der Waals surface area contributed by atoms with Crippen LogP contribution in [0.3, 0.4) is 0 Å². The van der Waals surface area contributed by atoms with Gasteiger partial charge in [-0.3, -0.25) is 14.6 Å². The predicted molar refractivity (Wildman–Crippen MR) is 101 cm³/mol. The molecule has 6 nitrogen and oxygen atoms in total. The molecule has 1 amide bonds. The van der Waals surface area contributed by atoms with Gasteiger partial charge < -0.3 is 9.88 Å². The summed E-state index contributed by atoms with van der Waals surface area (Å²) in [6.07, 6.45) is -7.60. The fourth-order valence-electron chi connectivity index (χ4n) is 3.57. The second-order valence-electron chi connectivity index (χ2n) is 7.31. The van der Waals surface area contributed by atoms with E-state index >= 15 is 0 Å². The highest BCUT2D eigenvalue weighted by Gasteiger charge is 2.36. The fourth-order valence-corrected chi connectivity index (χ4v) is 3.57. The standard InChI is InChI=1S/C21H14F6N4O2/c22-20(23,24)12-4-5-15(28-8-12)17(32)14-3-1-2-11-10-31(7-6-13(11)14)18(33)16-9-29-19(30-16)21(25,26)27/h1-5,8-9H,6-7,10H2,(H,29,30). The van der Waals surface area contributed by atoms with Crippen LogP contribution in [0.1, 0.15) is 49.1 Å².